The number of hydrogen-bond acceptors (Lipinski definition) is 8. The second-order valence-electron chi connectivity index (χ2n) is 8.32. The monoisotopic (exact) mass is 451 g/mol. The highest BCUT2D eigenvalue weighted by molar-refractivity contribution is 5.94. The Kier molecular flexibility index (Phi) is 5.74. The molecule has 1 atom stereocenters. The van der Waals surface area contributed by atoms with Gasteiger partial charge in [0.2, 0.25) is 0 Å². The molecule has 1 N–H and O–H groups in total. The number of aryl methyl sites for hydroxylation is 1. The summed E-state index contributed by atoms with van der Waals surface area (Å²) in [5, 5.41) is 22.1. The number of piperazine rings is 1. The lowest BCUT2D eigenvalue weighted by Gasteiger charge is -2.44. The van der Waals surface area contributed by atoms with E-state index in [0.717, 1.165) is 67.2 Å². The molecule has 0 saturated carbocycles. The molecule has 8 nitrogen and oxygen atoms in total. The molecule has 0 amide bonds. The van der Waals surface area contributed by atoms with Crippen molar-refractivity contribution >= 4 is 22.4 Å². The van der Waals surface area contributed by atoms with Crippen LogP contribution in [0.25, 0.3) is 10.8 Å². The molecule has 5 rings (SSSR count). The van der Waals surface area contributed by atoms with Crippen molar-refractivity contribution in [2.45, 2.75) is 19.5 Å². The fourth-order valence-electron chi connectivity index (χ4n) is 4.45. The van der Waals surface area contributed by atoms with Crippen LogP contribution in [0.1, 0.15) is 16.8 Å². The number of hydrogen-bond donors (Lipinski definition) is 1. The van der Waals surface area contributed by atoms with Crippen molar-refractivity contribution in [1.29, 1.82) is 5.26 Å². The summed E-state index contributed by atoms with van der Waals surface area (Å²) in [6.07, 6.45) is 1.78. The van der Waals surface area contributed by atoms with Gasteiger partial charge in [0.25, 0.3) is 0 Å². The van der Waals surface area contributed by atoms with E-state index in [1.807, 2.05) is 13.0 Å². The molecular formula is C23H23F2N7O. The smallest absolute Gasteiger partial charge is 0.157 e. The van der Waals surface area contributed by atoms with E-state index in [1.165, 1.54) is 0 Å². The van der Waals surface area contributed by atoms with E-state index >= 15 is 0 Å². The van der Waals surface area contributed by atoms with Crippen LogP contribution in [0.3, 0.4) is 0 Å². The van der Waals surface area contributed by atoms with Crippen LogP contribution in [0.15, 0.2) is 24.4 Å². The fourth-order valence-corrected chi connectivity index (χ4v) is 4.45. The number of fused-ring (bicyclic) bond motifs is 2. The summed E-state index contributed by atoms with van der Waals surface area (Å²) in [5.74, 6) is -0.138. The second-order valence-corrected chi connectivity index (χ2v) is 8.32. The Bertz CT molecular complexity index is 1250. The third-order valence-electron chi connectivity index (χ3n) is 6.28. The number of nitrogens with zero attached hydrogens (tertiary/aromatic N) is 6. The minimum absolute atomic E-state index is 0.0408. The number of morpholine rings is 1. The van der Waals surface area contributed by atoms with Crippen molar-refractivity contribution in [3.05, 3.63) is 52.9 Å². The third-order valence-corrected chi connectivity index (χ3v) is 6.28. The van der Waals surface area contributed by atoms with Gasteiger partial charge in [0, 0.05) is 55.3 Å². The Hall–Kier alpha value is -3.42. The first-order valence-corrected chi connectivity index (χ1v) is 10.8. The van der Waals surface area contributed by atoms with Crippen molar-refractivity contribution in [2.24, 2.45) is 0 Å². The maximum absolute atomic E-state index is 14.5. The highest BCUT2D eigenvalue weighted by atomic mass is 19.1. The number of aromatic nitrogens is 3. The maximum atomic E-state index is 14.5. The molecule has 2 saturated heterocycles. The van der Waals surface area contributed by atoms with Crippen molar-refractivity contribution in [3.8, 4) is 6.07 Å². The van der Waals surface area contributed by atoms with Crippen molar-refractivity contribution in [3.63, 3.8) is 0 Å². The number of nitrogens with one attached hydrogen (secondary N) is 1. The van der Waals surface area contributed by atoms with Gasteiger partial charge in [-0.15, -0.1) is 5.10 Å². The van der Waals surface area contributed by atoms with Crippen molar-refractivity contribution in [2.75, 3.05) is 49.6 Å². The molecule has 170 valence electrons. The quantitative estimate of drug-likeness (QED) is 0.648. The van der Waals surface area contributed by atoms with Crippen LogP contribution in [-0.2, 0) is 11.3 Å². The van der Waals surface area contributed by atoms with Gasteiger partial charge in [-0.3, -0.25) is 4.90 Å². The van der Waals surface area contributed by atoms with Gasteiger partial charge in [0.1, 0.15) is 23.5 Å². The number of pyridine rings is 1. The summed E-state index contributed by atoms with van der Waals surface area (Å²) in [5.41, 5.74) is 0.442. The van der Waals surface area contributed by atoms with E-state index in [2.05, 4.69) is 30.3 Å². The van der Waals surface area contributed by atoms with Gasteiger partial charge < -0.3 is 15.0 Å². The number of halogens is 2. The molecular weight excluding hydrogens is 428 g/mol. The lowest BCUT2D eigenvalue weighted by molar-refractivity contribution is -0.0117. The van der Waals surface area contributed by atoms with Gasteiger partial charge in [0.05, 0.1) is 30.5 Å². The van der Waals surface area contributed by atoms with Crippen LogP contribution in [0.5, 0.6) is 0 Å². The first kappa shape index (κ1) is 21.4. The Morgan fingerprint density at radius 3 is 2.91 bits per heavy atom. The predicted octanol–water partition coefficient (Wildman–Crippen LogP) is 2.62. The maximum Gasteiger partial charge on any atom is 0.157 e. The number of rotatable bonds is 4. The van der Waals surface area contributed by atoms with E-state index in [9.17, 15) is 8.78 Å². The number of nitriles is 1. The number of ether oxygens (including phenoxy) is 1. The average Bonchev–Trinajstić information content (AvgIpc) is 2.84. The highest BCUT2D eigenvalue weighted by Gasteiger charge is 2.30. The summed E-state index contributed by atoms with van der Waals surface area (Å²) in [4.78, 5) is 9.35. The van der Waals surface area contributed by atoms with Crippen LogP contribution < -0.4 is 10.2 Å². The van der Waals surface area contributed by atoms with Crippen molar-refractivity contribution in [1.82, 2.24) is 20.1 Å². The van der Waals surface area contributed by atoms with Crippen LogP contribution in [0.2, 0.25) is 0 Å². The summed E-state index contributed by atoms with van der Waals surface area (Å²) in [6, 6.07) is 5.94. The van der Waals surface area contributed by atoms with Gasteiger partial charge in [-0.25, -0.2) is 13.8 Å². The van der Waals surface area contributed by atoms with Gasteiger partial charge in [-0.1, -0.05) is 0 Å². The lowest BCUT2D eigenvalue weighted by atomic mass is 10.1. The Labute approximate surface area is 189 Å². The number of anilines is 2. The van der Waals surface area contributed by atoms with Gasteiger partial charge >= 0.3 is 0 Å². The topological polar surface area (TPSA) is 90.2 Å². The third kappa shape index (κ3) is 4.17. The van der Waals surface area contributed by atoms with Gasteiger partial charge in [-0.05, 0) is 25.1 Å². The molecule has 33 heavy (non-hydrogen) atoms. The zero-order valence-electron chi connectivity index (χ0n) is 18.2. The second kappa shape index (κ2) is 8.84. The first-order valence-electron chi connectivity index (χ1n) is 10.8. The van der Waals surface area contributed by atoms with E-state index in [-0.39, 0.29) is 17.7 Å². The van der Waals surface area contributed by atoms with Crippen LogP contribution in [0, 0.1) is 29.9 Å². The predicted molar refractivity (Wildman–Crippen MR) is 119 cm³/mol. The van der Waals surface area contributed by atoms with Gasteiger partial charge in [-0.2, -0.15) is 10.4 Å². The molecule has 2 aromatic heterocycles. The highest BCUT2D eigenvalue weighted by Crippen LogP contribution is 2.28. The molecule has 2 aliphatic rings. The molecule has 3 aromatic rings. The largest absolute Gasteiger partial charge is 0.378 e. The Morgan fingerprint density at radius 1 is 1.18 bits per heavy atom. The normalized spacial score (nSPS) is 18.7. The lowest BCUT2D eigenvalue weighted by Crippen LogP contribution is -2.58. The molecule has 2 aliphatic heterocycles. The molecule has 1 unspecified atom stereocenters. The molecule has 10 heteroatoms. The molecule has 0 spiro atoms. The summed E-state index contributed by atoms with van der Waals surface area (Å²) in [7, 11) is 0. The van der Waals surface area contributed by atoms with Crippen LogP contribution in [-0.4, -0.2) is 65.5 Å². The molecule has 2 fully saturated rings. The summed E-state index contributed by atoms with van der Waals surface area (Å²) >= 11 is 0. The number of benzene rings is 1. The summed E-state index contributed by atoms with van der Waals surface area (Å²) < 4.78 is 33.9. The fraction of sp³-hybridized carbons (Fsp3) is 0.391. The molecule has 1 aromatic carbocycles. The molecule has 0 radical (unpaired) electrons. The van der Waals surface area contributed by atoms with Crippen molar-refractivity contribution < 1.29 is 13.5 Å². The van der Waals surface area contributed by atoms with E-state index in [1.54, 1.807) is 12.3 Å². The van der Waals surface area contributed by atoms with Crippen LogP contribution >= 0.6 is 0 Å². The van der Waals surface area contributed by atoms with E-state index < -0.39 is 11.6 Å². The van der Waals surface area contributed by atoms with Crippen LogP contribution in [0.4, 0.5) is 20.4 Å². The molecule has 0 aliphatic carbocycles. The minimum atomic E-state index is -0.745. The van der Waals surface area contributed by atoms with E-state index in [4.69, 9.17) is 10.00 Å². The zero-order chi connectivity index (χ0) is 22.9. The standard InChI is InChI=1S/C23H23F2N7O/c1-14-20-11-27-21(32-3-2-31-4-5-33-13-18(31)12-32)8-19(20)23(30-29-14)28-10-16-7-17(24)6-15(9-26)22(16)25/h6-8,11,18H,2-5,10,12-13H2,1H3,(H,28,30). The zero-order valence-corrected chi connectivity index (χ0v) is 18.2. The Morgan fingerprint density at radius 2 is 2.06 bits per heavy atom. The average molecular weight is 451 g/mol. The SMILES string of the molecule is Cc1nnc(NCc2cc(F)cc(C#N)c2F)c2cc(N3CCN4CCOCC4C3)ncc12. The Balaban J connectivity index is 1.43. The molecule has 0 bridgehead atoms. The summed E-state index contributed by atoms with van der Waals surface area (Å²) in [6.45, 7) is 6.89. The van der Waals surface area contributed by atoms with Gasteiger partial charge in [0.15, 0.2) is 5.82 Å². The van der Waals surface area contributed by atoms with E-state index in [0.29, 0.717) is 18.5 Å². The minimum Gasteiger partial charge on any atom is -0.378 e. The first-order chi connectivity index (χ1) is 16.0. The molecule has 4 heterocycles.